The summed E-state index contributed by atoms with van der Waals surface area (Å²) in [6.45, 7) is 4.20. The van der Waals surface area contributed by atoms with Crippen molar-refractivity contribution in [3.63, 3.8) is 0 Å². The lowest BCUT2D eigenvalue weighted by atomic mass is 10.1. The van der Waals surface area contributed by atoms with Crippen LogP contribution in [-0.2, 0) is 19.6 Å². The molecule has 3 aromatic rings. The summed E-state index contributed by atoms with van der Waals surface area (Å²) in [4.78, 5) is 2.35. The lowest BCUT2D eigenvalue weighted by Gasteiger charge is -2.23. The molecule has 0 saturated heterocycles. The first kappa shape index (κ1) is 14.8. The molecule has 0 fully saturated rings. The van der Waals surface area contributed by atoms with Crippen molar-refractivity contribution in [2.24, 2.45) is 0 Å². The van der Waals surface area contributed by atoms with Gasteiger partial charge in [0, 0.05) is 25.3 Å². The van der Waals surface area contributed by atoms with E-state index in [4.69, 9.17) is 0 Å². The molecule has 0 bridgehead atoms. The molecular weight excluding hydrogens is 300 g/mol. The molecule has 2 heterocycles. The maximum atomic E-state index is 4.25. The van der Waals surface area contributed by atoms with Crippen LogP contribution in [0.4, 0.5) is 5.69 Å². The van der Waals surface area contributed by atoms with Gasteiger partial charge in [0.2, 0.25) is 0 Å². The average Bonchev–Trinajstić information content (AvgIpc) is 2.95. The Hall–Kier alpha value is -2.73. The predicted molar refractivity (Wildman–Crippen MR) is 92.6 cm³/mol. The van der Waals surface area contributed by atoms with Gasteiger partial charge in [0.15, 0.2) is 5.82 Å². The van der Waals surface area contributed by atoms with Crippen LogP contribution >= 0.6 is 0 Å². The molecule has 6 heteroatoms. The van der Waals surface area contributed by atoms with E-state index < -0.39 is 0 Å². The second kappa shape index (κ2) is 6.80. The van der Waals surface area contributed by atoms with Crippen LogP contribution in [0.15, 0.2) is 54.6 Å². The van der Waals surface area contributed by atoms with Crippen LogP contribution < -0.4 is 10.2 Å². The topological polar surface area (TPSA) is 58.9 Å². The van der Waals surface area contributed by atoms with Gasteiger partial charge in [0.05, 0.1) is 13.1 Å². The quantitative estimate of drug-likeness (QED) is 0.795. The first-order valence-electron chi connectivity index (χ1n) is 8.23. The van der Waals surface area contributed by atoms with Crippen molar-refractivity contribution < 1.29 is 0 Å². The molecule has 24 heavy (non-hydrogen) atoms. The van der Waals surface area contributed by atoms with E-state index in [9.17, 15) is 0 Å². The average molecular weight is 320 g/mol. The number of anilines is 1. The fourth-order valence-corrected chi connectivity index (χ4v) is 3.08. The molecule has 0 amide bonds. The maximum absolute atomic E-state index is 4.25. The third-order valence-electron chi connectivity index (χ3n) is 4.32. The Bertz CT molecular complexity index is 798. The minimum atomic E-state index is 0.691. The van der Waals surface area contributed by atoms with Crippen molar-refractivity contribution >= 4 is 5.69 Å². The number of benzene rings is 2. The van der Waals surface area contributed by atoms with Gasteiger partial charge in [-0.2, -0.15) is 0 Å². The molecule has 6 nitrogen and oxygen atoms in total. The number of rotatable bonds is 4. The van der Waals surface area contributed by atoms with Crippen molar-refractivity contribution in [3.05, 3.63) is 71.5 Å². The largest absolute Gasteiger partial charge is 0.362 e. The second-order valence-corrected chi connectivity index (χ2v) is 5.97. The molecule has 0 aliphatic carbocycles. The standard InChI is InChI=1S/C18H20N6/c1-2-6-15(7-3-1)13-24-18(20-21-22-24)14-23-11-10-19-12-16-8-4-5-9-17(16)23/h1-9,19H,10-14H2. The molecule has 1 aliphatic heterocycles. The van der Waals surface area contributed by atoms with Gasteiger partial charge in [-0.1, -0.05) is 48.5 Å². The highest BCUT2D eigenvalue weighted by molar-refractivity contribution is 5.54. The summed E-state index contributed by atoms with van der Waals surface area (Å²) in [5, 5.41) is 15.8. The molecule has 0 unspecified atom stereocenters. The van der Waals surface area contributed by atoms with E-state index in [0.29, 0.717) is 13.1 Å². The Balaban J connectivity index is 1.57. The highest BCUT2D eigenvalue weighted by Crippen LogP contribution is 2.23. The van der Waals surface area contributed by atoms with Crippen molar-refractivity contribution in [2.45, 2.75) is 19.6 Å². The van der Waals surface area contributed by atoms with Crippen LogP contribution in [0.5, 0.6) is 0 Å². The Morgan fingerprint density at radius 3 is 2.71 bits per heavy atom. The van der Waals surface area contributed by atoms with Gasteiger partial charge in [0.1, 0.15) is 0 Å². The summed E-state index contributed by atoms with van der Waals surface area (Å²) < 4.78 is 1.89. The van der Waals surface area contributed by atoms with Gasteiger partial charge in [-0.25, -0.2) is 4.68 Å². The number of para-hydroxylation sites is 1. The van der Waals surface area contributed by atoms with Gasteiger partial charge in [0.25, 0.3) is 0 Å². The predicted octanol–water partition coefficient (Wildman–Crippen LogP) is 1.83. The molecule has 1 aromatic heterocycles. The Morgan fingerprint density at radius 1 is 0.958 bits per heavy atom. The summed E-state index contributed by atoms with van der Waals surface area (Å²) in [7, 11) is 0. The smallest absolute Gasteiger partial charge is 0.170 e. The zero-order valence-corrected chi connectivity index (χ0v) is 13.5. The molecule has 2 aromatic carbocycles. The van der Waals surface area contributed by atoms with E-state index >= 15 is 0 Å². The molecule has 4 rings (SSSR count). The van der Waals surface area contributed by atoms with E-state index in [-0.39, 0.29) is 0 Å². The highest BCUT2D eigenvalue weighted by atomic mass is 15.5. The van der Waals surface area contributed by atoms with E-state index in [1.807, 2.05) is 22.9 Å². The van der Waals surface area contributed by atoms with E-state index in [2.05, 4.69) is 62.1 Å². The van der Waals surface area contributed by atoms with E-state index in [1.165, 1.54) is 16.8 Å². The van der Waals surface area contributed by atoms with Gasteiger partial charge < -0.3 is 10.2 Å². The third kappa shape index (κ3) is 3.14. The fraction of sp³-hybridized carbons (Fsp3) is 0.278. The maximum Gasteiger partial charge on any atom is 0.170 e. The van der Waals surface area contributed by atoms with Crippen molar-refractivity contribution in [2.75, 3.05) is 18.0 Å². The Labute approximate surface area is 141 Å². The SMILES string of the molecule is c1ccc(Cn2nnnc2CN2CCNCc3ccccc32)cc1. The molecule has 1 N–H and O–H groups in total. The molecule has 122 valence electrons. The number of hydrogen-bond donors (Lipinski definition) is 1. The molecule has 1 aliphatic rings. The van der Waals surface area contributed by atoms with Gasteiger partial charge in [-0.3, -0.25) is 0 Å². The third-order valence-corrected chi connectivity index (χ3v) is 4.32. The number of nitrogens with one attached hydrogen (secondary N) is 1. The highest BCUT2D eigenvalue weighted by Gasteiger charge is 2.17. The summed E-state index contributed by atoms with van der Waals surface area (Å²) in [6.07, 6.45) is 0. The summed E-state index contributed by atoms with van der Waals surface area (Å²) in [5.41, 5.74) is 3.78. The first-order chi connectivity index (χ1) is 11.9. The molecule has 0 radical (unpaired) electrons. The lowest BCUT2D eigenvalue weighted by molar-refractivity contribution is 0.603. The Morgan fingerprint density at radius 2 is 1.79 bits per heavy atom. The first-order valence-corrected chi connectivity index (χ1v) is 8.23. The molecular formula is C18H20N6. The zero-order valence-electron chi connectivity index (χ0n) is 13.5. The minimum Gasteiger partial charge on any atom is -0.362 e. The summed E-state index contributed by atoms with van der Waals surface area (Å²) >= 11 is 0. The monoisotopic (exact) mass is 320 g/mol. The van der Waals surface area contributed by atoms with E-state index in [0.717, 1.165) is 25.5 Å². The zero-order chi connectivity index (χ0) is 16.2. The van der Waals surface area contributed by atoms with Crippen molar-refractivity contribution in [1.82, 2.24) is 25.5 Å². The Kier molecular flexibility index (Phi) is 4.20. The number of tetrazole rings is 1. The number of nitrogens with zero attached hydrogens (tertiary/aromatic N) is 5. The molecule has 0 atom stereocenters. The summed E-state index contributed by atoms with van der Waals surface area (Å²) in [5.74, 6) is 0.885. The normalized spacial score (nSPS) is 14.2. The lowest BCUT2D eigenvalue weighted by Crippen LogP contribution is -2.29. The van der Waals surface area contributed by atoms with Crippen LogP contribution in [-0.4, -0.2) is 33.3 Å². The van der Waals surface area contributed by atoms with Crippen LogP contribution in [0.3, 0.4) is 0 Å². The number of aromatic nitrogens is 4. The van der Waals surface area contributed by atoms with Gasteiger partial charge in [-0.05, 0) is 27.6 Å². The van der Waals surface area contributed by atoms with Crippen LogP contribution in [0, 0.1) is 0 Å². The molecule has 0 saturated carbocycles. The number of hydrogen-bond acceptors (Lipinski definition) is 5. The number of fused-ring (bicyclic) bond motifs is 1. The fourth-order valence-electron chi connectivity index (χ4n) is 3.08. The van der Waals surface area contributed by atoms with Crippen molar-refractivity contribution in [3.8, 4) is 0 Å². The molecule has 0 spiro atoms. The van der Waals surface area contributed by atoms with Crippen LogP contribution in [0.1, 0.15) is 17.0 Å². The van der Waals surface area contributed by atoms with Crippen LogP contribution in [0.25, 0.3) is 0 Å². The van der Waals surface area contributed by atoms with Crippen LogP contribution in [0.2, 0.25) is 0 Å². The van der Waals surface area contributed by atoms with Crippen molar-refractivity contribution in [1.29, 1.82) is 0 Å². The summed E-state index contributed by atoms with van der Waals surface area (Å²) in [6, 6.07) is 18.8. The second-order valence-electron chi connectivity index (χ2n) is 5.97. The van der Waals surface area contributed by atoms with Gasteiger partial charge >= 0.3 is 0 Å². The van der Waals surface area contributed by atoms with E-state index in [1.54, 1.807) is 0 Å². The van der Waals surface area contributed by atoms with Gasteiger partial charge in [-0.15, -0.1) is 5.10 Å². The minimum absolute atomic E-state index is 0.691.